The van der Waals surface area contributed by atoms with E-state index in [2.05, 4.69) is 38.9 Å². The molecule has 1 aliphatic rings. The minimum absolute atomic E-state index is 1.03. The van der Waals surface area contributed by atoms with Gasteiger partial charge in [-0.3, -0.25) is 9.88 Å². The molecule has 1 N–H and O–H groups in total. The van der Waals surface area contributed by atoms with Gasteiger partial charge in [-0.05, 0) is 12.1 Å². The smallest absolute Gasteiger partial charge is 0.0511 e. The molecule has 1 saturated heterocycles. The largest absolute Gasteiger partial charge is 0.346 e. The Morgan fingerprint density at radius 1 is 1.35 bits per heavy atom. The van der Waals surface area contributed by atoms with Crippen LogP contribution >= 0.6 is 0 Å². The molecule has 1 aliphatic heterocycles. The van der Waals surface area contributed by atoms with Crippen molar-refractivity contribution in [2.24, 2.45) is 7.05 Å². The van der Waals surface area contributed by atoms with Crippen LogP contribution in [0.5, 0.6) is 0 Å². The SMILES string of the molecule is Cn1c(CN2CCNCC2)cc2cnccc21. The van der Waals surface area contributed by atoms with E-state index < -0.39 is 0 Å². The van der Waals surface area contributed by atoms with Crippen molar-refractivity contribution in [3.63, 3.8) is 0 Å². The van der Waals surface area contributed by atoms with E-state index in [0.29, 0.717) is 0 Å². The Hall–Kier alpha value is -1.39. The molecule has 3 rings (SSSR count). The predicted molar refractivity (Wildman–Crippen MR) is 68.9 cm³/mol. The summed E-state index contributed by atoms with van der Waals surface area (Å²) in [7, 11) is 2.14. The second-order valence-corrected chi connectivity index (χ2v) is 4.66. The summed E-state index contributed by atoms with van der Waals surface area (Å²) < 4.78 is 2.28. The van der Waals surface area contributed by atoms with Crippen LogP contribution in [0.3, 0.4) is 0 Å². The Bertz CT molecular complexity index is 511. The van der Waals surface area contributed by atoms with Crippen molar-refractivity contribution in [3.8, 4) is 0 Å². The van der Waals surface area contributed by atoms with Crippen molar-refractivity contribution in [1.82, 2.24) is 19.8 Å². The summed E-state index contributed by atoms with van der Waals surface area (Å²) in [6, 6.07) is 4.33. The highest BCUT2D eigenvalue weighted by Crippen LogP contribution is 2.18. The van der Waals surface area contributed by atoms with Crippen LogP contribution in [-0.2, 0) is 13.6 Å². The van der Waals surface area contributed by atoms with E-state index in [1.807, 2.05) is 12.4 Å². The fraction of sp³-hybridized carbons (Fsp3) is 0.462. The van der Waals surface area contributed by atoms with Crippen LogP contribution in [0, 0.1) is 0 Å². The van der Waals surface area contributed by atoms with Crippen LogP contribution in [-0.4, -0.2) is 40.6 Å². The fourth-order valence-corrected chi connectivity index (χ4v) is 2.50. The van der Waals surface area contributed by atoms with Crippen molar-refractivity contribution in [2.45, 2.75) is 6.54 Å². The van der Waals surface area contributed by atoms with Crippen LogP contribution in [0.15, 0.2) is 24.5 Å². The normalized spacial score (nSPS) is 17.7. The van der Waals surface area contributed by atoms with E-state index in [-0.39, 0.29) is 0 Å². The molecule has 2 aromatic heterocycles. The summed E-state index contributed by atoms with van der Waals surface area (Å²) in [5.74, 6) is 0. The average molecular weight is 230 g/mol. The lowest BCUT2D eigenvalue weighted by Crippen LogP contribution is -2.43. The summed E-state index contributed by atoms with van der Waals surface area (Å²) in [4.78, 5) is 6.68. The molecule has 0 bridgehead atoms. The van der Waals surface area contributed by atoms with Crippen molar-refractivity contribution in [3.05, 3.63) is 30.2 Å². The maximum absolute atomic E-state index is 4.18. The van der Waals surface area contributed by atoms with Gasteiger partial charge >= 0.3 is 0 Å². The summed E-state index contributed by atoms with van der Waals surface area (Å²) in [5, 5.41) is 4.62. The number of nitrogens with zero attached hydrogens (tertiary/aromatic N) is 3. The molecule has 0 aliphatic carbocycles. The molecular weight excluding hydrogens is 212 g/mol. The molecule has 90 valence electrons. The van der Waals surface area contributed by atoms with Gasteiger partial charge in [0, 0.05) is 63.2 Å². The van der Waals surface area contributed by atoms with Gasteiger partial charge in [0.15, 0.2) is 0 Å². The highest BCUT2D eigenvalue weighted by molar-refractivity contribution is 5.80. The van der Waals surface area contributed by atoms with Crippen molar-refractivity contribution in [1.29, 1.82) is 0 Å². The zero-order valence-corrected chi connectivity index (χ0v) is 10.2. The third-order valence-electron chi connectivity index (χ3n) is 3.54. The molecule has 4 nitrogen and oxygen atoms in total. The fourth-order valence-electron chi connectivity index (χ4n) is 2.50. The van der Waals surface area contributed by atoms with E-state index in [9.17, 15) is 0 Å². The zero-order chi connectivity index (χ0) is 11.7. The zero-order valence-electron chi connectivity index (χ0n) is 10.2. The Morgan fingerprint density at radius 3 is 2.94 bits per heavy atom. The van der Waals surface area contributed by atoms with Crippen molar-refractivity contribution < 1.29 is 0 Å². The van der Waals surface area contributed by atoms with E-state index in [1.54, 1.807) is 0 Å². The highest BCUT2D eigenvalue weighted by atomic mass is 15.2. The van der Waals surface area contributed by atoms with Gasteiger partial charge in [-0.15, -0.1) is 0 Å². The van der Waals surface area contributed by atoms with E-state index in [4.69, 9.17) is 0 Å². The number of rotatable bonds is 2. The van der Waals surface area contributed by atoms with Gasteiger partial charge in [0.05, 0.1) is 5.52 Å². The Labute approximate surface area is 101 Å². The second-order valence-electron chi connectivity index (χ2n) is 4.66. The maximum atomic E-state index is 4.18. The quantitative estimate of drug-likeness (QED) is 0.835. The number of hydrogen-bond acceptors (Lipinski definition) is 3. The lowest BCUT2D eigenvalue weighted by molar-refractivity contribution is 0.229. The molecule has 17 heavy (non-hydrogen) atoms. The first-order valence-corrected chi connectivity index (χ1v) is 6.16. The van der Waals surface area contributed by atoms with Crippen LogP contribution in [0.2, 0.25) is 0 Å². The van der Waals surface area contributed by atoms with Crippen molar-refractivity contribution >= 4 is 10.9 Å². The first kappa shape index (κ1) is 10.7. The van der Waals surface area contributed by atoms with Gasteiger partial charge in [0.25, 0.3) is 0 Å². The third-order valence-corrected chi connectivity index (χ3v) is 3.54. The summed E-state index contributed by atoms with van der Waals surface area (Å²) >= 11 is 0. The molecule has 0 saturated carbocycles. The molecule has 2 aromatic rings. The van der Waals surface area contributed by atoms with E-state index in [1.165, 1.54) is 16.6 Å². The number of nitrogens with one attached hydrogen (secondary N) is 1. The molecule has 0 radical (unpaired) electrons. The summed E-state index contributed by atoms with van der Waals surface area (Å²) in [5.41, 5.74) is 2.64. The molecule has 0 atom stereocenters. The maximum Gasteiger partial charge on any atom is 0.0511 e. The second kappa shape index (κ2) is 4.47. The van der Waals surface area contributed by atoms with Crippen molar-refractivity contribution in [2.75, 3.05) is 26.2 Å². The third kappa shape index (κ3) is 2.06. The topological polar surface area (TPSA) is 33.1 Å². The van der Waals surface area contributed by atoms with Crippen LogP contribution in [0.1, 0.15) is 5.69 Å². The number of hydrogen-bond donors (Lipinski definition) is 1. The molecule has 3 heterocycles. The number of piperazine rings is 1. The minimum atomic E-state index is 1.03. The van der Waals surface area contributed by atoms with E-state index in [0.717, 1.165) is 32.7 Å². The Morgan fingerprint density at radius 2 is 2.18 bits per heavy atom. The first-order valence-electron chi connectivity index (χ1n) is 6.16. The van der Waals surface area contributed by atoms with Crippen LogP contribution in [0.25, 0.3) is 10.9 Å². The molecule has 4 heteroatoms. The standard InChI is InChI=1S/C13H18N4/c1-16-12(10-17-6-4-14-5-7-17)8-11-9-15-3-2-13(11)16/h2-3,8-9,14H,4-7,10H2,1H3. The molecular formula is C13H18N4. The summed E-state index contributed by atoms with van der Waals surface area (Å²) in [6.45, 7) is 5.52. The number of fused-ring (bicyclic) bond motifs is 1. The highest BCUT2D eigenvalue weighted by Gasteiger charge is 2.12. The van der Waals surface area contributed by atoms with E-state index >= 15 is 0 Å². The number of aryl methyl sites for hydroxylation is 1. The minimum Gasteiger partial charge on any atom is -0.346 e. The van der Waals surface area contributed by atoms with Gasteiger partial charge < -0.3 is 9.88 Å². The van der Waals surface area contributed by atoms with Gasteiger partial charge in [0.1, 0.15) is 0 Å². The predicted octanol–water partition coefficient (Wildman–Crippen LogP) is 0.978. The molecule has 0 aromatic carbocycles. The van der Waals surface area contributed by atoms with Gasteiger partial charge in [-0.1, -0.05) is 0 Å². The molecule has 0 unspecified atom stereocenters. The molecule has 1 fully saturated rings. The number of aromatic nitrogens is 2. The summed E-state index contributed by atoms with van der Waals surface area (Å²) in [6.07, 6.45) is 3.80. The lowest BCUT2D eigenvalue weighted by Gasteiger charge is -2.27. The monoisotopic (exact) mass is 230 g/mol. The Kier molecular flexibility index (Phi) is 2.82. The van der Waals surface area contributed by atoms with Gasteiger partial charge in [0.2, 0.25) is 0 Å². The Balaban J connectivity index is 1.87. The molecule has 0 spiro atoms. The average Bonchev–Trinajstić information content (AvgIpc) is 2.68. The van der Waals surface area contributed by atoms with Gasteiger partial charge in [-0.2, -0.15) is 0 Å². The lowest BCUT2D eigenvalue weighted by atomic mass is 10.3. The van der Waals surface area contributed by atoms with Gasteiger partial charge in [-0.25, -0.2) is 0 Å². The van der Waals surface area contributed by atoms with Crippen LogP contribution in [0.4, 0.5) is 0 Å². The van der Waals surface area contributed by atoms with Crippen LogP contribution < -0.4 is 5.32 Å². The number of pyridine rings is 1. The first-order chi connectivity index (χ1) is 8.34. The molecule has 0 amide bonds.